The van der Waals surface area contributed by atoms with Crippen molar-refractivity contribution in [3.05, 3.63) is 57.7 Å². The minimum atomic E-state index is -3.78. The number of hydrogen-bond acceptors (Lipinski definition) is 5. The molecule has 0 amide bonds. The predicted molar refractivity (Wildman–Crippen MR) is 135 cm³/mol. The molecule has 33 heavy (non-hydrogen) atoms. The number of aromatic nitrogens is 1. The van der Waals surface area contributed by atoms with Gasteiger partial charge in [-0.3, -0.25) is 13.7 Å². The topological polar surface area (TPSA) is 68.6 Å². The molecule has 1 aliphatic heterocycles. The second-order valence-corrected chi connectivity index (χ2v) is 12.0. The maximum atomic E-state index is 13.7. The molecule has 6 nitrogen and oxygen atoms in total. The van der Waals surface area contributed by atoms with E-state index < -0.39 is 10.0 Å². The highest BCUT2D eigenvalue weighted by atomic mass is 32.2. The predicted octanol–water partition coefficient (Wildman–Crippen LogP) is 4.90. The number of aryl methyl sites for hydroxylation is 1. The highest BCUT2D eigenvalue weighted by Crippen LogP contribution is 2.29. The van der Waals surface area contributed by atoms with Gasteiger partial charge in [-0.15, -0.1) is 0 Å². The third-order valence-electron chi connectivity index (χ3n) is 6.17. The van der Waals surface area contributed by atoms with Crippen molar-refractivity contribution >= 4 is 37.3 Å². The Kier molecular flexibility index (Phi) is 7.26. The summed E-state index contributed by atoms with van der Waals surface area (Å²) in [4.78, 5) is 12.9. The summed E-state index contributed by atoms with van der Waals surface area (Å²) in [6.45, 7) is 8.59. The van der Waals surface area contributed by atoms with E-state index in [1.165, 1.54) is 4.31 Å². The molecular formula is C25H32N2O4S2. The molecule has 0 saturated carbocycles. The third-order valence-corrected chi connectivity index (χ3v) is 8.90. The number of sulfonamides is 1. The Morgan fingerprint density at radius 1 is 1.12 bits per heavy atom. The van der Waals surface area contributed by atoms with E-state index >= 15 is 0 Å². The van der Waals surface area contributed by atoms with Crippen molar-refractivity contribution in [2.75, 3.05) is 24.1 Å². The van der Waals surface area contributed by atoms with Crippen LogP contribution in [0.5, 0.6) is 0 Å². The molecule has 178 valence electrons. The number of hydrogen-bond donors (Lipinski definition) is 0. The molecule has 2 heterocycles. The summed E-state index contributed by atoms with van der Waals surface area (Å²) >= 11 is 1.12. The van der Waals surface area contributed by atoms with Gasteiger partial charge in [0.15, 0.2) is 0 Å². The molecule has 1 aromatic heterocycles. The molecule has 0 spiro atoms. The van der Waals surface area contributed by atoms with Crippen LogP contribution in [-0.2, 0) is 27.7 Å². The minimum Gasteiger partial charge on any atom is -0.381 e. The number of thiazole rings is 1. The molecule has 1 saturated heterocycles. The van der Waals surface area contributed by atoms with Crippen LogP contribution in [0.3, 0.4) is 0 Å². The van der Waals surface area contributed by atoms with Gasteiger partial charge in [0, 0.05) is 26.3 Å². The quantitative estimate of drug-likeness (QED) is 0.452. The first-order valence-electron chi connectivity index (χ1n) is 11.6. The van der Waals surface area contributed by atoms with Gasteiger partial charge in [0.25, 0.3) is 10.0 Å². The summed E-state index contributed by atoms with van der Waals surface area (Å²) in [7, 11) is -3.78. The number of rotatable bonds is 8. The molecule has 0 atom stereocenters. The molecule has 0 aliphatic carbocycles. The van der Waals surface area contributed by atoms with E-state index in [4.69, 9.17) is 4.74 Å². The number of nitrogens with zero attached hydrogens (tertiary/aromatic N) is 2. The van der Waals surface area contributed by atoms with Crippen LogP contribution < -0.4 is 9.18 Å². The van der Waals surface area contributed by atoms with Crippen LogP contribution in [0.15, 0.2) is 52.2 Å². The largest absolute Gasteiger partial charge is 0.381 e. The molecular weight excluding hydrogens is 456 g/mol. The number of anilines is 1. The van der Waals surface area contributed by atoms with Crippen molar-refractivity contribution < 1.29 is 13.2 Å². The van der Waals surface area contributed by atoms with Crippen molar-refractivity contribution in [2.45, 2.75) is 51.5 Å². The van der Waals surface area contributed by atoms with Crippen LogP contribution in [0.4, 0.5) is 5.69 Å². The molecule has 4 rings (SSSR count). The standard InChI is InChI=1S/C25H32N2O4S2/c1-4-19-5-7-21(8-6-19)27(16-18(2)3)33(29,30)22-9-10-23-24(15-22)32-25(28)26(23)17-20-11-13-31-14-12-20/h5-10,15,18,20H,4,11-14,16-17H2,1-3H3. The fourth-order valence-corrected chi connectivity index (χ4v) is 6.94. The Balaban J connectivity index is 1.69. The van der Waals surface area contributed by atoms with Gasteiger partial charge < -0.3 is 4.74 Å². The lowest BCUT2D eigenvalue weighted by atomic mass is 10.0. The smallest absolute Gasteiger partial charge is 0.308 e. The highest BCUT2D eigenvalue weighted by Gasteiger charge is 2.27. The minimum absolute atomic E-state index is 0.0415. The van der Waals surface area contributed by atoms with Gasteiger partial charge in [0.05, 0.1) is 20.8 Å². The SMILES string of the molecule is CCc1ccc(N(CC(C)C)S(=O)(=O)c2ccc3c(c2)sc(=O)n3CC2CCOCC2)cc1. The van der Waals surface area contributed by atoms with Crippen molar-refractivity contribution in [1.82, 2.24) is 4.57 Å². The Hall–Kier alpha value is -2.16. The zero-order valence-corrected chi connectivity index (χ0v) is 21.1. The average molecular weight is 489 g/mol. The molecule has 0 radical (unpaired) electrons. The van der Waals surface area contributed by atoms with Gasteiger partial charge in [-0.05, 0) is 67.0 Å². The summed E-state index contributed by atoms with van der Waals surface area (Å²) < 4.78 is 36.8. The zero-order valence-electron chi connectivity index (χ0n) is 19.5. The maximum absolute atomic E-state index is 13.7. The number of ether oxygens (including phenoxy) is 1. The first kappa shape index (κ1) is 24.0. The van der Waals surface area contributed by atoms with Crippen LogP contribution in [-0.4, -0.2) is 32.7 Å². The lowest BCUT2D eigenvalue weighted by Gasteiger charge is -2.26. The van der Waals surface area contributed by atoms with Crippen LogP contribution >= 0.6 is 11.3 Å². The average Bonchev–Trinajstić information content (AvgIpc) is 3.12. The van der Waals surface area contributed by atoms with E-state index in [1.807, 2.05) is 38.1 Å². The lowest BCUT2D eigenvalue weighted by molar-refractivity contribution is 0.0614. The van der Waals surface area contributed by atoms with Crippen molar-refractivity contribution in [2.24, 2.45) is 11.8 Å². The molecule has 1 aliphatic rings. The normalized spacial score (nSPS) is 15.4. The molecule has 0 bridgehead atoms. The number of benzene rings is 2. The molecule has 0 unspecified atom stereocenters. The van der Waals surface area contributed by atoms with Gasteiger partial charge in [-0.25, -0.2) is 8.42 Å². The summed E-state index contributed by atoms with van der Waals surface area (Å²) in [5, 5.41) is 0. The molecule has 0 N–H and O–H groups in total. The fourth-order valence-electron chi connectivity index (χ4n) is 4.27. The van der Waals surface area contributed by atoms with E-state index in [0.717, 1.165) is 54.9 Å². The van der Waals surface area contributed by atoms with Gasteiger partial charge in [0.1, 0.15) is 0 Å². The summed E-state index contributed by atoms with van der Waals surface area (Å²) in [6.07, 6.45) is 2.78. The van der Waals surface area contributed by atoms with Gasteiger partial charge in [-0.2, -0.15) is 0 Å². The molecule has 1 fully saturated rings. The first-order chi connectivity index (χ1) is 15.8. The molecule has 3 aromatic rings. The van der Waals surface area contributed by atoms with Crippen molar-refractivity contribution in [3.8, 4) is 0 Å². The van der Waals surface area contributed by atoms with Crippen LogP contribution in [0.25, 0.3) is 10.2 Å². The summed E-state index contributed by atoms with van der Waals surface area (Å²) in [6, 6.07) is 12.8. The van der Waals surface area contributed by atoms with E-state index in [9.17, 15) is 13.2 Å². The fraction of sp³-hybridized carbons (Fsp3) is 0.480. The first-order valence-corrected chi connectivity index (χ1v) is 13.9. The summed E-state index contributed by atoms with van der Waals surface area (Å²) in [5.41, 5.74) is 2.63. The van der Waals surface area contributed by atoms with Gasteiger partial charge in [0.2, 0.25) is 0 Å². The highest BCUT2D eigenvalue weighted by molar-refractivity contribution is 7.92. The van der Waals surface area contributed by atoms with Crippen molar-refractivity contribution in [3.63, 3.8) is 0 Å². The Bertz CT molecular complexity index is 1250. The third kappa shape index (κ3) is 5.18. The Morgan fingerprint density at radius 2 is 1.82 bits per heavy atom. The second kappa shape index (κ2) is 9.99. The van der Waals surface area contributed by atoms with E-state index in [-0.39, 0.29) is 15.7 Å². The summed E-state index contributed by atoms with van der Waals surface area (Å²) in [5.74, 6) is 0.566. The number of fused-ring (bicyclic) bond motifs is 1. The second-order valence-electron chi connectivity index (χ2n) is 9.11. The molecule has 2 aromatic carbocycles. The lowest BCUT2D eigenvalue weighted by Crippen LogP contribution is -2.34. The Morgan fingerprint density at radius 3 is 2.45 bits per heavy atom. The van der Waals surface area contributed by atoms with Crippen LogP contribution in [0, 0.1) is 11.8 Å². The molecule has 8 heteroatoms. The van der Waals surface area contributed by atoms with Crippen LogP contribution in [0.2, 0.25) is 0 Å². The Labute approximate surface area is 199 Å². The van der Waals surface area contributed by atoms with Crippen molar-refractivity contribution in [1.29, 1.82) is 0 Å². The van der Waals surface area contributed by atoms with E-state index in [1.54, 1.807) is 22.8 Å². The maximum Gasteiger partial charge on any atom is 0.308 e. The van der Waals surface area contributed by atoms with E-state index in [0.29, 0.717) is 29.4 Å². The van der Waals surface area contributed by atoms with E-state index in [2.05, 4.69) is 6.92 Å². The van der Waals surface area contributed by atoms with Gasteiger partial charge in [-0.1, -0.05) is 44.2 Å². The van der Waals surface area contributed by atoms with Crippen LogP contribution in [0.1, 0.15) is 39.2 Å². The zero-order chi connectivity index (χ0) is 23.6. The van der Waals surface area contributed by atoms with Gasteiger partial charge >= 0.3 is 4.87 Å². The monoisotopic (exact) mass is 488 g/mol.